The smallest absolute Gasteiger partial charge is 0.232 e. The molecule has 0 N–H and O–H groups in total. The summed E-state index contributed by atoms with van der Waals surface area (Å²) < 4.78 is 6.21. The highest BCUT2D eigenvalue weighted by Crippen LogP contribution is 2.17. The Bertz CT molecular complexity index is 628. The molecule has 0 saturated heterocycles. The second-order valence-corrected chi connectivity index (χ2v) is 7.12. The number of carbonyl (C=O) groups is 1. The number of rotatable bonds is 7. The Hall–Kier alpha value is -1.46. The summed E-state index contributed by atoms with van der Waals surface area (Å²) in [7, 11) is 3.49. The van der Waals surface area contributed by atoms with Crippen molar-refractivity contribution in [3.05, 3.63) is 64.1 Å². The van der Waals surface area contributed by atoms with E-state index in [4.69, 9.17) is 4.74 Å². The standard InChI is InChI=1S/C18H20BrNO2S/c1-20(11-14-5-9-17(22-2)10-6-14)18(21)13-23-12-15-3-7-16(19)8-4-15/h3-10H,11-13H2,1-2H3. The molecular formula is C18H20BrNO2S. The summed E-state index contributed by atoms with van der Waals surface area (Å²) in [5.41, 5.74) is 2.32. The second-order valence-electron chi connectivity index (χ2n) is 5.22. The lowest BCUT2D eigenvalue weighted by molar-refractivity contribution is -0.127. The molecule has 3 nitrogen and oxygen atoms in total. The van der Waals surface area contributed by atoms with Gasteiger partial charge < -0.3 is 9.64 Å². The van der Waals surface area contributed by atoms with E-state index in [1.807, 2.05) is 43.4 Å². The number of carbonyl (C=O) groups excluding carboxylic acids is 1. The fourth-order valence-corrected chi connectivity index (χ4v) is 3.23. The maximum absolute atomic E-state index is 12.2. The Labute approximate surface area is 150 Å². The van der Waals surface area contributed by atoms with Crippen LogP contribution in [0, 0.1) is 0 Å². The van der Waals surface area contributed by atoms with Gasteiger partial charge in [-0.1, -0.05) is 40.2 Å². The van der Waals surface area contributed by atoms with Crippen LogP contribution in [0.5, 0.6) is 5.75 Å². The van der Waals surface area contributed by atoms with E-state index in [0.717, 1.165) is 21.5 Å². The molecule has 23 heavy (non-hydrogen) atoms. The van der Waals surface area contributed by atoms with E-state index >= 15 is 0 Å². The van der Waals surface area contributed by atoms with Gasteiger partial charge in [-0.25, -0.2) is 0 Å². The van der Waals surface area contributed by atoms with Crippen molar-refractivity contribution in [2.75, 3.05) is 19.9 Å². The molecule has 0 fully saturated rings. The van der Waals surface area contributed by atoms with E-state index in [-0.39, 0.29) is 5.91 Å². The molecule has 5 heteroatoms. The van der Waals surface area contributed by atoms with Crippen molar-refractivity contribution in [2.45, 2.75) is 12.3 Å². The van der Waals surface area contributed by atoms with Crippen LogP contribution in [0.2, 0.25) is 0 Å². The molecule has 1 amide bonds. The molecule has 2 aromatic carbocycles. The lowest BCUT2D eigenvalue weighted by Crippen LogP contribution is -2.27. The van der Waals surface area contributed by atoms with E-state index in [9.17, 15) is 4.79 Å². The fraction of sp³-hybridized carbons (Fsp3) is 0.278. The topological polar surface area (TPSA) is 29.5 Å². The summed E-state index contributed by atoms with van der Waals surface area (Å²) >= 11 is 5.06. The van der Waals surface area contributed by atoms with Crippen LogP contribution in [0.3, 0.4) is 0 Å². The molecule has 0 aromatic heterocycles. The first-order valence-corrected chi connectivity index (χ1v) is 9.22. The van der Waals surface area contributed by atoms with Crippen molar-refractivity contribution in [3.8, 4) is 5.75 Å². The third-order valence-electron chi connectivity index (χ3n) is 3.41. The van der Waals surface area contributed by atoms with Crippen LogP contribution >= 0.6 is 27.7 Å². The first-order valence-electron chi connectivity index (χ1n) is 7.27. The highest BCUT2D eigenvalue weighted by Gasteiger charge is 2.09. The summed E-state index contributed by atoms with van der Waals surface area (Å²) in [5, 5.41) is 0. The Kier molecular flexibility index (Phi) is 6.99. The van der Waals surface area contributed by atoms with Crippen LogP contribution in [0.15, 0.2) is 53.0 Å². The van der Waals surface area contributed by atoms with Gasteiger partial charge >= 0.3 is 0 Å². The molecule has 0 saturated carbocycles. The van der Waals surface area contributed by atoms with Crippen molar-refractivity contribution in [3.63, 3.8) is 0 Å². The number of methoxy groups -OCH3 is 1. The monoisotopic (exact) mass is 393 g/mol. The Balaban J connectivity index is 1.76. The van der Waals surface area contributed by atoms with Crippen LogP contribution in [0.25, 0.3) is 0 Å². The molecule has 2 aromatic rings. The van der Waals surface area contributed by atoms with Gasteiger partial charge in [0.1, 0.15) is 5.75 Å². The third-order valence-corrected chi connectivity index (χ3v) is 4.93. The summed E-state index contributed by atoms with van der Waals surface area (Å²) in [6.45, 7) is 0.613. The molecule has 0 radical (unpaired) electrons. The number of hydrogen-bond donors (Lipinski definition) is 0. The zero-order valence-corrected chi connectivity index (χ0v) is 15.7. The fourth-order valence-electron chi connectivity index (χ4n) is 2.04. The normalized spacial score (nSPS) is 10.4. The maximum Gasteiger partial charge on any atom is 0.232 e. The quantitative estimate of drug-likeness (QED) is 0.699. The minimum atomic E-state index is 0.142. The predicted octanol–water partition coefficient (Wildman–Crippen LogP) is 4.35. The minimum absolute atomic E-state index is 0.142. The summed E-state index contributed by atoms with van der Waals surface area (Å²) in [4.78, 5) is 13.9. The Morgan fingerprint density at radius 1 is 1.09 bits per heavy atom. The van der Waals surface area contributed by atoms with Crippen molar-refractivity contribution in [2.24, 2.45) is 0 Å². The van der Waals surface area contributed by atoms with Crippen LogP contribution < -0.4 is 4.74 Å². The van der Waals surface area contributed by atoms with Gasteiger partial charge in [0.25, 0.3) is 0 Å². The van der Waals surface area contributed by atoms with E-state index in [1.165, 1.54) is 5.56 Å². The molecule has 0 heterocycles. The van der Waals surface area contributed by atoms with Crippen molar-refractivity contribution >= 4 is 33.6 Å². The van der Waals surface area contributed by atoms with Gasteiger partial charge in [-0.05, 0) is 35.4 Å². The lowest BCUT2D eigenvalue weighted by Gasteiger charge is -2.17. The first kappa shape index (κ1) is 17.9. The molecule has 2 rings (SSSR count). The van der Waals surface area contributed by atoms with Crippen molar-refractivity contribution < 1.29 is 9.53 Å². The molecule has 0 aliphatic rings. The molecule has 0 unspecified atom stereocenters. The van der Waals surface area contributed by atoms with Gasteiger partial charge in [-0.15, -0.1) is 11.8 Å². The summed E-state index contributed by atoms with van der Waals surface area (Å²) in [6.07, 6.45) is 0. The largest absolute Gasteiger partial charge is 0.497 e. The predicted molar refractivity (Wildman–Crippen MR) is 99.8 cm³/mol. The van der Waals surface area contributed by atoms with Gasteiger partial charge in [0, 0.05) is 23.8 Å². The first-order chi connectivity index (χ1) is 11.1. The van der Waals surface area contributed by atoms with Crippen LogP contribution in [-0.4, -0.2) is 30.7 Å². The zero-order chi connectivity index (χ0) is 16.7. The molecule has 0 aliphatic heterocycles. The molecule has 0 spiro atoms. The molecule has 0 bridgehead atoms. The van der Waals surface area contributed by atoms with Gasteiger partial charge in [-0.3, -0.25) is 4.79 Å². The van der Waals surface area contributed by atoms with Gasteiger partial charge in [0.15, 0.2) is 0 Å². The second kappa shape index (κ2) is 8.99. The number of ether oxygens (including phenoxy) is 1. The zero-order valence-electron chi connectivity index (χ0n) is 13.3. The number of amides is 1. The lowest BCUT2D eigenvalue weighted by atomic mass is 10.2. The van der Waals surface area contributed by atoms with E-state index in [1.54, 1.807) is 23.8 Å². The molecule has 122 valence electrons. The van der Waals surface area contributed by atoms with Gasteiger partial charge in [0.2, 0.25) is 5.91 Å². The van der Waals surface area contributed by atoms with E-state index in [2.05, 4.69) is 28.1 Å². The van der Waals surface area contributed by atoms with Gasteiger partial charge in [-0.2, -0.15) is 0 Å². The highest BCUT2D eigenvalue weighted by atomic mass is 79.9. The van der Waals surface area contributed by atoms with Crippen molar-refractivity contribution in [1.29, 1.82) is 0 Å². The number of thioether (sulfide) groups is 1. The van der Waals surface area contributed by atoms with Crippen LogP contribution in [0.4, 0.5) is 0 Å². The Morgan fingerprint density at radius 2 is 1.70 bits per heavy atom. The number of benzene rings is 2. The summed E-state index contributed by atoms with van der Waals surface area (Å²) in [5.74, 6) is 2.30. The minimum Gasteiger partial charge on any atom is -0.497 e. The van der Waals surface area contributed by atoms with Crippen molar-refractivity contribution in [1.82, 2.24) is 4.90 Å². The Morgan fingerprint density at radius 3 is 2.30 bits per heavy atom. The number of nitrogens with zero attached hydrogens (tertiary/aromatic N) is 1. The molecular weight excluding hydrogens is 374 g/mol. The van der Waals surface area contributed by atoms with Crippen LogP contribution in [0.1, 0.15) is 11.1 Å². The average molecular weight is 394 g/mol. The van der Waals surface area contributed by atoms with Crippen LogP contribution in [-0.2, 0) is 17.1 Å². The number of halogens is 1. The average Bonchev–Trinajstić information content (AvgIpc) is 2.57. The molecule has 0 atom stereocenters. The SMILES string of the molecule is COc1ccc(CN(C)C(=O)CSCc2ccc(Br)cc2)cc1. The maximum atomic E-state index is 12.2. The molecule has 0 aliphatic carbocycles. The third kappa shape index (κ3) is 5.92. The van der Waals surface area contributed by atoms with E-state index in [0.29, 0.717) is 12.3 Å². The van der Waals surface area contributed by atoms with E-state index < -0.39 is 0 Å². The number of hydrogen-bond acceptors (Lipinski definition) is 3. The highest BCUT2D eigenvalue weighted by molar-refractivity contribution is 9.10. The van der Waals surface area contributed by atoms with Gasteiger partial charge in [0.05, 0.1) is 12.9 Å². The summed E-state index contributed by atoms with van der Waals surface area (Å²) in [6, 6.07) is 16.0.